The SMILES string of the molecule is C=C1NC(=O)C(C(C)C)CS1. The van der Waals surface area contributed by atoms with Gasteiger partial charge in [-0.1, -0.05) is 20.4 Å². The first kappa shape index (κ1) is 8.65. The van der Waals surface area contributed by atoms with Crippen molar-refractivity contribution in [2.45, 2.75) is 13.8 Å². The van der Waals surface area contributed by atoms with Gasteiger partial charge < -0.3 is 5.32 Å². The van der Waals surface area contributed by atoms with Gasteiger partial charge >= 0.3 is 0 Å². The maximum atomic E-state index is 11.3. The Morgan fingerprint density at radius 1 is 1.73 bits per heavy atom. The highest BCUT2D eigenvalue weighted by atomic mass is 32.2. The largest absolute Gasteiger partial charge is 0.321 e. The molecule has 1 fully saturated rings. The smallest absolute Gasteiger partial charge is 0.228 e. The van der Waals surface area contributed by atoms with E-state index in [9.17, 15) is 4.79 Å². The van der Waals surface area contributed by atoms with Gasteiger partial charge in [-0.2, -0.15) is 0 Å². The molecule has 0 bridgehead atoms. The number of rotatable bonds is 1. The fourth-order valence-corrected chi connectivity index (χ4v) is 2.12. The van der Waals surface area contributed by atoms with E-state index < -0.39 is 0 Å². The molecule has 2 nitrogen and oxygen atoms in total. The van der Waals surface area contributed by atoms with Gasteiger partial charge in [0.2, 0.25) is 5.91 Å². The molecule has 0 saturated carbocycles. The molecular weight excluding hydrogens is 158 g/mol. The summed E-state index contributed by atoms with van der Waals surface area (Å²) in [6.07, 6.45) is 0. The van der Waals surface area contributed by atoms with Gasteiger partial charge in [0, 0.05) is 5.75 Å². The van der Waals surface area contributed by atoms with E-state index in [1.807, 2.05) is 0 Å². The number of amides is 1. The molecule has 0 aliphatic carbocycles. The van der Waals surface area contributed by atoms with Crippen molar-refractivity contribution >= 4 is 17.7 Å². The number of thioether (sulfide) groups is 1. The van der Waals surface area contributed by atoms with E-state index in [-0.39, 0.29) is 11.8 Å². The van der Waals surface area contributed by atoms with E-state index in [0.717, 1.165) is 10.8 Å². The second-order valence-electron chi connectivity index (χ2n) is 3.07. The van der Waals surface area contributed by atoms with Crippen LogP contribution in [0, 0.1) is 11.8 Å². The first-order valence-electron chi connectivity index (χ1n) is 3.74. The third-order valence-corrected chi connectivity index (χ3v) is 2.82. The van der Waals surface area contributed by atoms with Crippen molar-refractivity contribution in [1.82, 2.24) is 5.32 Å². The summed E-state index contributed by atoms with van der Waals surface area (Å²) in [5, 5.41) is 3.52. The van der Waals surface area contributed by atoms with Gasteiger partial charge in [0.25, 0.3) is 0 Å². The van der Waals surface area contributed by atoms with E-state index in [1.165, 1.54) is 0 Å². The molecule has 11 heavy (non-hydrogen) atoms. The first-order chi connectivity index (χ1) is 5.11. The monoisotopic (exact) mass is 171 g/mol. The Morgan fingerprint density at radius 3 is 2.82 bits per heavy atom. The number of carbonyl (C=O) groups excluding carboxylic acids is 1. The van der Waals surface area contributed by atoms with Crippen LogP contribution in [0.2, 0.25) is 0 Å². The average molecular weight is 171 g/mol. The molecule has 1 aliphatic rings. The Balaban J connectivity index is 2.57. The van der Waals surface area contributed by atoms with Crippen LogP contribution < -0.4 is 5.32 Å². The van der Waals surface area contributed by atoms with Crippen LogP contribution in [0.15, 0.2) is 11.6 Å². The summed E-state index contributed by atoms with van der Waals surface area (Å²) < 4.78 is 0. The molecule has 1 atom stereocenters. The zero-order valence-corrected chi connectivity index (χ0v) is 7.70. The molecule has 3 heteroatoms. The minimum Gasteiger partial charge on any atom is -0.321 e. The summed E-state index contributed by atoms with van der Waals surface area (Å²) in [5.74, 6) is 1.59. The van der Waals surface area contributed by atoms with Crippen LogP contribution in [0.25, 0.3) is 0 Å². The van der Waals surface area contributed by atoms with Crippen molar-refractivity contribution in [3.05, 3.63) is 11.6 Å². The molecular formula is C8H13NOS. The zero-order valence-electron chi connectivity index (χ0n) is 6.89. The van der Waals surface area contributed by atoms with Crippen LogP contribution in [0.4, 0.5) is 0 Å². The fraction of sp³-hybridized carbons (Fsp3) is 0.625. The zero-order chi connectivity index (χ0) is 8.43. The van der Waals surface area contributed by atoms with E-state index in [4.69, 9.17) is 0 Å². The minimum atomic E-state index is 0.128. The van der Waals surface area contributed by atoms with Crippen LogP contribution in [0.3, 0.4) is 0 Å². The molecule has 0 aromatic heterocycles. The molecule has 0 radical (unpaired) electrons. The summed E-state index contributed by atoms with van der Waals surface area (Å²) in [5.41, 5.74) is 0. The number of hydrogen-bond donors (Lipinski definition) is 1. The molecule has 0 aromatic carbocycles. The molecule has 0 spiro atoms. The third-order valence-electron chi connectivity index (χ3n) is 1.84. The summed E-state index contributed by atoms with van der Waals surface area (Å²) in [4.78, 5) is 11.3. The standard InChI is InChI=1S/C8H13NOS/c1-5(2)7-4-11-6(3)9-8(7)10/h5,7H,3-4H2,1-2H3,(H,9,10). The van der Waals surface area contributed by atoms with Crippen molar-refractivity contribution in [3.63, 3.8) is 0 Å². The van der Waals surface area contributed by atoms with Crippen LogP contribution in [0.1, 0.15) is 13.8 Å². The van der Waals surface area contributed by atoms with E-state index >= 15 is 0 Å². The van der Waals surface area contributed by atoms with Gasteiger partial charge in [0.15, 0.2) is 0 Å². The first-order valence-corrected chi connectivity index (χ1v) is 4.72. The van der Waals surface area contributed by atoms with Gasteiger partial charge in [0.05, 0.1) is 10.9 Å². The molecule has 0 aromatic rings. The summed E-state index contributed by atoms with van der Waals surface area (Å²) in [7, 11) is 0. The number of carbonyl (C=O) groups is 1. The highest BCUT2D eigenvalue weighted by molar-refractivity contribution is 8.03. The Bertz CT molecular complexity index is 189. The van der Waals surface area contributed by atoms with Crippen LogP contribution in [0.5, 0.6) is 0 Å². The highest BCUT2D eigenvalue weighted by Gasteiger charge is 2.26. The van der Waals surface area contributed by atoms with Crippen molar-refractivity contribution in [3.8, 4) is 0 Å². The average Bonchev–Trinajstić information content (AvgIpc) is 1.85. The second kappa shape index (κ2) is 3.30. The van der Waals surface area contributed by atoms with E-state index in [0.29, 0.717) is 5.92 Å². The number of nitrogens with one attached hydrogen (secondary N) is 1. The minimum absolute atomic E-state index is 0.128. The summed E-state index contributed by atoms with van der Waals surface area (Å²) >= 11 is 1.63. The second-order valence-corrected chi connectivity index (χ2v) is 4.19. The van der Waals surface area contributed by atoms with Crippen LogP contribution >= 0.6 is 11.8 Å². The Morgan fingerprint density at radius 2 is 2.36 bits per heavy atom. The van der Waals surface area contributed by atoms with Crippen molar-refractivity contribution < 1.29 is 4.79 Å². The maximum Gasteiger partial charge on any atom is 0.228 e. The Labute approximate surface area is 71.4 Å². The maximum absolute atomic E-state index is 11.3. The number of hydrogen-bond acceptors (Lipinski definition) is 2. The topological polar surface area (TPSA) is 29.1 Å². The molecule has 1 unspecified atom stereocenters. The van der Waals surface area contributed by atoms with Gasteiger partial charge in [-0.15, -0.1) is 11.8 Å². The Kier molecular flexibility index (Phi) is 2.60. The normalized spacial score (nSPS) is 25.5. The molecule has 1 heterocycles. The van der Waals surface area contributed by atoms with Gasteiger partial charge in [0.1, 0.15) is 0 Å². The van der Waals surface area contributed by atoms with Gasteiger partial charge in [-0.3, -0.25) is 4.79 Å². The van der Waals surface area contributed by atoms with E-state index in [1.54, 1.807) is 11.8 Å². The lowest BCUT2D eigenvalue weighted by atomic mass is 9.97. The highest BCUT2D eigenvalue weighted by Crippen LogP contribution is 2.25. The van der Waals surface area contributed by atoms with Crippen LogP contribution in [-0.4, -0.2) is 11.7 Å². The molecule has 1 rings (SSSR count). The fourth-order valence-electron chi connectivity index (χ4n) is 1.03. The quantitative estimate of drug-likeness (QED) is 0.649. The lowest BCUT2D eigenvalue weighted by Gasteiger charge is -2.25. The molecule has 62 valence electrons. The molecule has 1 amide bonds. The van der Waals surface area contributed by atoms with E-state index in [2.05, 4.69) is 25.7 Å². The molecule has 1 saturated heterocycles. The lowest BCUT2D eigenvalue weighted by Crippen LogP contribution is -2.37. The summed E-state index contributed by atoms with van der Waals surface area (Å²) in [6, 6.07) is 0. The Hall–Kier alpha value is -0.440. The predicted molar refractivity (Wildman–Crippen MR) is 48.1 cm³/mol. The predicted octanol–water partition coefficient (Wildman–Crippen LogP) is 1.59. The van der Waals surface area contributed by atoms with Crippen LogP contribution in [-0.2, 0) is 4.79 Å². The van der Waals surface area contributed by atoms with Gasteiger partial charge in [-0.25, -0.2) is 0 Å². The summed E-state index contributed by atoms with van der Waals surface area (Å²) in [6.45, 7) is 7.83. The lowest BCUT2D eigenvalue weighted by molar-refractivity contribution is -0.124. The molecule has 1 aliphatic heterocycles. The van der Waals surface area contributed by atoms with Crippen molar-refractivity contribution in [1.29, 1.82) is 0 Å². The van der Waals surface area contributed by atoms with Crippen molar-refractivity contribution in [2.75, 3.05) is 5.75 Å². The third kappa shape index (κ3) is 1.99. The molecule has 1 N–H and O–H groups in total. The van der Waals surface area contributed by atoms with Crippen molar-refractivity contribution in [2.24, 2.45) is 11.8 Å². The van der Waals surface area contributed by atoms with Gasteiger partial charge in [-0.05, 0) is 5.92 Å².